The van der Waals surface area contributed by atoms with Gasteiger partial charge in [0.2, 0.25) is 0 Å². The molecule has 1 aliphatic carbocycles. The topological polar surface area (TPSA) is 6.48 Å². The lowest BCUT2D eigenvalue weighted by molar-refractivity contribution is 0.590. The van der Waals surface area contributed by atoms with Crippen LogP contribution in [0.2, 0.25) is 0 Å². The molecule has 0 fully saturated rings. The Kier molecular flexibility index (Phi) is 9.24. The van der Waals surface area contributed by atoms with Crippen molar-refractivity contribution < 1.29 is 0 Å². The third-order valence-corrected chi connectivity index (χ3v) is 18.4. The number of rotatable bonds is 3. The van der Waals surface area contributed by atoms with E-state index in [0.717, 1.165) is 0 Å². The standard InChI is InChI=1S/C65H59BN2S2/c1-62(2,3)39-23-28-42(29-24-39)67-53-32-27-41(64(7,8)9)35-52(53)66-58-54(67)33-38(44-19-16-20-47-46-18-13-15-22-56(46)69-60(44)47)34-55(58)68(43-30-25-40(26-31-43)63(4,5)6)59-49-36-48-45-17-12-14-21-50(45)65(10,11)51(48)37-57(49)70-61(59)66/h12-37H,1-11H3. The largest absolute Gasteiger partial charge is 0.311 e. The fourth-order valence-electron chi connectivity index (χ4n) is 12.0. The molecule has 4 heterocycles. The van der Waals surface area contributed by atoms with E-state index in [-0.39, 0.29) is 28.4 Å². The van der Waals surface area contributed by atoms with E-state index in [0.29, 0.717) is 0 Å². The minimum atomic E-state index is -0.103. The number of nitrogens with zero attached hydrogens (tertiary/aromatic N) is 2. The van der Waals surface area contributed by atoms with Crippen LogP contribution < -0.4 is 25.5 Å². The van der Waals surface area contributed by atoms with Gasteiger partial charge in [-0.1, -0.05) is 173 Å². The number of anilines is 6. The summed E-state index contributed by atoms with van der Waals surface area (Å²) >= 11 is 3.93. The quantitative estimate of drug-likeness (QED) is 0.163. The average Bonchev–Trinajstić information content (AvgIpc) is 3.97. The molecule has 2 aliphatic heterocycles. The van der Waals surface area contributed by atoms with Crippen molar-refractivity contribution in [2.24, 2.45) is 0 Å². The third kappa shape index (κ3) is 6.36. The number of fused-ring (bicyclic) bond motifs is 12. The van der Waals surface area contributed by atoms with Gasteiger partial charge in [0.05, 0.1) is 5.69 Å². The lowest BCUT2D eigenvalue weighted by atomic mass is 9.36. The van der Waals surface area contributed by atoms with Gasteiger partial charge in [0.15, 0.2) is 0 Å². The molecule has 0 saturated carbocycles. The minimum Gasteiger partial charge on any atom is -0.311 e. The maximum absolute atomic E-state index is 2.67. The SMILES string of the molecule is CC(C)(C)c1ccc(N2c3ccc(C(C)(C)C)cc3B3c4sc5cc6c(cc5c4N(c4ccc(C(C)(C)C)cc4)c4cc(-c5cccc7c5sc5ccccc57)cc2c43)-c2ccccc2C6(C)C)cc1. The summed E-state index contributed by atoms with van der Waals surface area (Å²) in [6.45, 7) is 25.8. The Bertz CT molecular complexity index is 3810. The monoisotopic (exact) mass is 942 g/mol. The van der Waals surface area contributed by atoms with Crippen molar-refractivity contribution in [2.45, 2.75) is 97.8 Å². The van der Waals surface area contributed by atoms with Crippen LogP contribution in [0.1, 0.15) is 104 Å². The first kappa shape index (κ1) is 43.6. The van der Waals surface area contributed by atoms with Crippen LogP contribution in [0, 0.1) is 0 Å². The molecule has 0 spiro atoms. The van der Waals surface area contributed by atoms with E-state index in [9.17, 15) is 0 Å². The number of hydrogen-bond acceptors (Lipinski definition) is 4. The number of hydrogen-bond donors (Lipinski definition) is 0. The van der Waals surface area contributed by atoms with Gasteiger partial charge in [-0.25, -0.2) is 0 Å². The van der Waals surface area contributed by atoms with Gasteiger partial charge in [0, 0.05) is 68.9 Å². The molecule has 2 nitrogen and oxygen atoms in total. The molecule has 70 heavy (non-hydrogen) atoms. The molecule has 13 rings (SSSR count). The predicted octanol–water partition coefficient (Wildman–Crippen LogP) is 17.2. The van der Waals surface area contributed by atoms with E-state index in [1.165, 1.54) is 130 Å². The fraction of sp³-hybridized carbons (Fsp3) is 0.231. The zero-order chi connectivity index (χ0) is 48.4. The van der Waals surface area contributed by atoms with Crippen molar-refractivity contribution >= 4 is 109 Å². The van der Waals surface area contributed by atoms with Crippen LogP contribution in [0.5, 0.6) is 0 Å². The van der Waals surface area contributed by atoms with E-state index in [2.05, 4.69) is 244 Å². The highest BCUT2D eigenvalue weighted by Crippen LogP contribution is 2.55. The second-order valence-corrected chi connectivity index (χ2v) is 25.9. The first-order valence-corrected chi connectivity index (χ1v) is 26.7. The molecule has 3 aliphatic rings. The van der Waals surface area contributed by atoms with E-state index < -0.39 is 0 Å². The van der Waals surface area contributed by atoms with Crippen molar-refractivity contribution in [3.63, 3.8) is 0 Å². The first-order chi connectivity index (χ1) is 33.4. The van der Waals surface area contributed by atoms with Gasteiger partial charge in [0.1, 0.15) is 0 Å². The summed E-state index contributed by atoms with van der Waals surface area (Å²) in [6.07, 6.45) is 0. The molecule has 0 bridgehead atoms. The van der Waals surface area contributed by atoms with Crippen LogP contribution in [0.4, 0.5) is 34.1 Å². The van der Waals surface area contributed by atoms with Crippen molar-refractivity contribution in [1.82, 2.24) is 0 Å². The Morgan fingerprint density at radius 3 is 1.71 bits per heavy atom. The van der Waals surface area contributed by atoms with Gasteiger partial charge in [-0.2, -0.15) is 0 Å². The Morgan fingerprint density at radius 2 is 1.03 bits per heavy atom. The Hall–Kier alpha value is -6.40. The van der Waals surface area contributed by atoms with Gasteiger partial charge < -0.3 is 9.80 Å². The van der Waals surface area contributed by atoms with Crippen LogP contribution in [0.3, 0.4) is 0 Å². The first-order valence-electron chi connectivity index (χ1n) is 25.1. The molecule has 8 aromatic carbocycles. The van der Waals surface area contributed by atoms with E-state index in [1.807, 2.05) is 22.7 Å². The van der Waals surface area contributed by atoms with Gasteiger partial charge >= 0.3 is 0 Å². The lowest BCUT2D eigenvalue weighted by Gasteiger charge is -2.44. The van der Waals surface area contributed by atoms with Crippen molar-refractivity contribution in [3.05, 3.63) is 186 Å². The van der Waals surface area contributed by atoms with Crippen LogP contribution in [-0.4, -0.2) is 6.71 Å². The Balaban J connectivity index is 1.17. The lowest BCUT2D eigenvalue weighted by Crippen LogP contribution is -2.60. The normalized spacial score (nSPS) is 14.8. The van der Waals surface area contributed by atoms with Gasteiger partial charge in [-0.3, -0.25) is 0 Å². The summed E-state index contributed by atoms with van der Waals surface area (Å²) in [5.41, 5.74) is 22.1. The molecular weight excluding hydrogens is 884 g/mol. The highest BCUT2D eigenvalue weighted by molar-refractivity contribution is 7.33. The van der Waals surface area contributed by atoms with Crippen molar-refractivity contribution in [1.29, 1.82) is 0 Å². The molecule has 0 radical (unpaired) electrons. The smallest absolute Gasteiger partial charge is 0.264 e. The van der Waals surface area contributed by atoms with Gasteiger partial charge in [0.25, 0.3) is 6.71 Å². The maximum Gasteiger partial charge on any atom is 0.264 e. The molecule has 0 saturated heterocycles. The molecule has 0 amide bonds. The molecule has 5 heteroatoms. The summed E-state index contributed by atoms with van der Waals surface area (Å²) < 4.78 is 5.41. The van der Waals surface area contributed by atoms with Crippen molar-refractivity contribution in [2.75, 3.05) is 9.80 Å². The molecule has 0 atom stereocenters. The van der Waals surface area contributed by atoms with Crippen LogP contribution in [0.25, 0.3) is 52.5 Å². The van der Waals surface area contributed by atoms with Crippen LogP contribution >= 0.6 is 22.7 Å². The predicted molar refractivity (Wildman–Crippen MR) is 308 cm³/mol. The summed E-state index contributed by atoms with van der Waals surface area (Å²) in [5.74, 6) is 0. The highest BCUT2D eigenvalue weighted by atomic mass is 32.1. The second kappa shape index (κ2) is 14.8. The van der Waals surface area contributed by atoms with E-state index in [4.69, 9.17) is 0 Å². The molecule has 0 unspecified atom stereocenters. The van der Waals surface area contributed by atoms with Crippen LogP contribution in [0.15, 0.2) is 158 Å². The van der Waals surface area contributed by atoms with Gasteiger partial charge in [-0.15, -0.1) is 22.7 Å². The third-order valence-electron chi connectivity index (χ3n) is 15.9. The van der Waals surface area contributed by atoms with Gasteiger partial charge in [-0.05, 0) is 138 Å². The fourth-order valence-corrected chi connectivity index (χ4v) is 14.6. The molecule has 344 valence electrons. The zero-order valence-electron chi connectivity index (χ0n) is 42.3. The Labute approximate surface area is 422 Å². The maximum atomic E-state index is 2.67. The summed E-state index contributed by atoms with van der Waals surface area (Å²) in [4.78, 5) is 5.27. The molecule has 2 aromatic heterocycles. The summed E-state index contributed by atoms with van der Waals surface area (Å²) in [6, 6.07) is 61.5. The van der Waals surface area contributed by atoms with E-state index >= 15 is 0 Å². The minimum absolute atomic E-state index is 0.00852. The molecular formula is C65H59BN2S2. The summed E-state index contributed by atoms with van der Waals surface area (Å²) in [7, 11) is 0. The highest BCUT2D eigenvalue weighted by Gasteiger charge is 2.47. The summed E-state index contributed by atoms with van der Waals surface area (Å²) in [5, 5.41) is 3.96. The molecule has 10 aromatic rings. The van der Waals surface area contributed by atoms with Crippen LogP contribution in [-0.2, 0) is 21.7 Å². The van der Waals surface area contributed by atoms with E-state index in [1.54, 1.807) is 0 Å². The second-order valence-electron chi connectivity index (χ2n) is 23.8. The molecule has 0 N–H and O–H groups in total. The number of thiophene rings is 2. The number of benzene rings is 8. The Morgan fingerprint density at radius 1 is 0.443 bits per heavy atom. The average molecular weight is 943 g/mol. The zero-order valence-corrected chi connectivity index (χ0v) is 43.9. The van der Waals surface area contributed by atoms with Crippen molar-refractivity contribution in [3.8, 4) is 22.3 Å².